The summed E-state index contributed by atoms with van der Waals surface area (Å²) in [6.45, 7) is 9.08. The van der Waals surface area contributed by atoms with Gasteiger partial charge < -0.3 is 19.3 Å². The van der Waals surface area contributed by atoms with Gasteiger partial charge in [-0.3, -0.25) is 9.69 Å². The van der Waals surface area contributed by atoms with Crippen molar-refractivity contribution < 1.29 is 22.7 Å². The van der Waals surface area contributed by atoms with E-state index in [4.69, 9.17) is 9.47 Å². The Labute approximate surface area is 211 Å². The molecule has 1 aromatic carbocycles. The fourth-order valence-electron chi connectivity index (χ4n) is 5.00. The summed E-state index contributed by atoms with van der Waals surface area (Å²) in [4.78, 5) is 19.5. The number of benzene rings is 1. The van der Waals surface area contributed by atoms with Crippen LogP contribution in [0.3, 0.4) is 0 Å². The summed E-state index contributed by atoms with van der Waals surface area (Å²) in [5.41, 5.74) is 1.27. The number of piperazine rings is 1. The molecule has 1 aliphatic carbocycles. The number of ether oxygens (including phenoxy) is 2. The fourth-order valence-corrected chi connectivity index (χ4v) is 6.56. The molecule has 1 aliphatic heterocycles. The maximum absolute atomic E-state index is 13.1. The van der Waals surface area contributed by atoms with Crippen LogP contribution in [0.5, 0.6) is 5.75 Å². The van der Waals surface area contributed by atoms with E-state index in [1.807, 2.05) is 7.05 Å². The van der Waals surface area contributed by atoms with Gasteiger partial charge in [-0.1, -0.05) is 0 Å². The molecule has 1 aromatic rings. The summed E-state index contributed by atoms with van der Waals surface area (Å²) in [6.07, 6.45) is 2.30. The molecule has 0 spiro atoms. The Morgan fingerprint density at radius 3 is 2.26 bits per heavy atom. The average Bonchev–Trinajstić information content (AvgIpc) is 2.78. The third kappa shape index (κ3) is 6.95. The van der Waals surface area contributed by atoms with Crippen LogP contribution >= 0.6 is 0 Å². The minimum Gasteiger partial charge on any atom is -0.497 e. The van der Waals surface area contributed by atoms with Crippen LogP contribution in [0.4, 0.5) is 0 Å². The Hall–Kier alpha value is -1.72. The van der Waals surface area contributed by atoms with Gasteiger partial charge in [-0.2, -0.15) is 4.31 Å². The van der Waals surface area contributed by atoms with Gasteiger partial charge in [0.2, 0.25) is 15.9 Å². The van der Waals surface area contributed by atoms with Gasteiger partial charge >= 0.3 is 0 Å². The Morgan fingerprint density at radius 1 is 1.09 bits per heavy atom. The van der Waals surface area contributed by atoms with Crippen LogP contribution in [0.2, 0.25) is 0 Å². The molecule has 2 fully saturated rings. The molecule has 0 bridgehead atoms. The molecular weight excluding hydrogens is 468 g/mol. The zero-order valence-corrected chi connectivity index (χ0v) is 22.9. The number of methoxy groups -OCH3 is 1. The van der Waals surface area contributed by atoms with Crippen LogP contribution in [0.15, 0.2) is 17.0 Å². The number of nitrogens with zero attached hydrogens (tertiary/aromatic N) is 4. The van der Waals surface area contributed by atoms with Crippen molar-refractivity contribution in [3.63, 3.8) is 0 Å². The first-order valence-corrected chi connectivity index (χ1v) is 13.8. The van der Waals surface area contributed by atoms with Gasteiger partial charge in [0.05, 0.1) is 18.6 Å². The highest BCUT2D eigenvalue weighted by Crippen LogP contribution is 2.33. The van der Waals surface area contributed by atoms with E-state index in [0.29, 0.717) is 28.8 Å². The molecule has 1 saturated heterocycles. The van der Waals surface area contributed by atoms with Gasteiger partial charge in [0.15, 0.2) is 0 Å². The molecule has 1 heterocycles. The molecule has 10 heteroatoms. The van der Waals surface area contributed by atoms with Crippen LogP contribution in [-0.4, -0.2) is 120 Å². The molecule has 3 rings (SSSR count). The molecule has 9 nitrogen and oxygen atoms in total. The lowest BCUT2D eigenvalue weighted by molar-refractivity contribution is -0.136. The van der Waals surface area contributed by atoms with E-state index in [1.165, 1.54) is 11.4 Å². The van der Waals surface area contributed by atoms with E-state index in [2.05, 4.69) is 16.8 Å². The lowest BCUT2D eigenvalue weighted by Gasteiger charge is -2.46. The van der Waals surface area contributed by atoms with Crippen LogP contribution in [0.25, 0.3) is 0 Å². The largest absolute Gasteiger partial charge is 0.497 e. The number of carbonyl (C=O) groups is 1. The summed E-state index contributed by atoms with van der Waals surface area (Å²) < 4.78 is 38.2. The highest BCUT2D eigenvalue weighted by Gasteiger charge is 2.35. The lowest BCUT2D eigenvalue weighted by atomic mass is 9.78. The number of likely N-dealkylation sites (N-methyl/N-ethyl adjacent to an activating group) is 3. The molecular formula is C25H42N4O5S. The summed E-state index contributed by atoms with van der Waals surface area (Å²) >= 11 is 0. The number of amides is 1. The molecule has 0 N–H and O–H groups in total. The highest BCUT2D eigenvalue weighted by molar-refractivity contribution is 7.89. The van der Waals surface area contributed by atoms with E-state index < -0.39 is 10.0 Å². The van der Waals surface area contributed by atoms with Crippen LogP contribution in [-0.2, 0) is 19.6 Å². The van der Waals surface area contributed by atoms with E-state index in [0.717, 1.165) is 45.6 Å². The molecule has 35 heavy (non-hydrogen) atoms. The predicted octanol–water partition coefficient (Wildman–Crippen LogP) is 1.43. The van der Waals surface area contributed by atoms with Crippen molar-refractivity contribution in [3.8, 4) is 5.75 Å². The Bertz CT molecular complexity index is 949. The van der Waals surface area contributed by atoms with Gasteiger partial charge in [-0.15, -0.1) is 0 Å². The third-order valence-electron chi connectivity index (χ3n) is 7.34. The van der Waals surface area contributed by atoms with Crippen molar-refractivity contribution in [2.24, 2.45) is 5.92 Å². The zero-order valence-electron chi connectivity index (χ0n) is 22.1. The smallest absolute Gasteiger partial charge is 0.248 e. The lowest BCUT2D eigenvalue weighted by Crippen LogP contribution is -2.54. The van der Waals surface area contributed by atoms with Gasteiger partial charge in [0.1, 0.15) is 12.4 Å². The molecule has 2 aliphatic rings. The molecule has 1 amide bonds. The second-order valence-electron chi connectivity index (χ2n) is 10.1. The van der Waals surface area contributed by atoms with Crippen molar-refractivity contribution >= 4 is 15.9 Å². The van der Waals surface area contributed by atoms with Crippen molar-refractivity contribution in [2.45, 2.75) is 37.6 Å². The Balaban J connectivity index is 1.37. The van der Waals surface area contributed by atoms with Crippen molar-refractivity contribution in [1.29, 1.82) is 0 Å². The third-order valence-corrected chi connectivity index (χ3v) is 9.50. The minimum absolute atomic E-state index is 0.0421. The van der Waals surface area contributed by atoms with E-state index in [1.54, 1.807) is 38.0 Å². The van der Waals surface area contributed by atoms with Crippen LogP contribution in [0, 0.1) is 19.8 Å². The average molecular weight is 511 g/mol. The first-order chi connectivity index (χ1) is 16.5. The van der Waals surface area contributed by atoms with Gasteiger partial charge in [-0.05, 0) is 62.9 Å². The van der Waals surface area contributed by atoms with Crippen molar-refractivity contribution in [1.82, 2.24) is 19.0 Å². The highest BCUT2D eigenvalue weighted by atomic mass is 32.2. The van der Waals surface area contributed by atoms with Gasteiger partial charge in [0.25, 0.3) is 0 Å². The molecule has 0 aromatic heterocycles. The second kappa shape index (κ2) is 12.0. The topological polar surface area (TPSA) is 82.6 Å². The van der Waals surface area contributed by atoms with Crippen LogP contribution in [0.1, 0.15) is 24.0 Å². The summed E-state index contributed by atoms with van der Waals surface area (Å²) in [5.74, 6) is 1.10. The second-order valence-corrected chi connectivity index (χ2v) is 12.1. The molecule has 198 valence electrons. The summed E-state index contributed by atoms with van der Waals surface area (Å²) in [5, 5.41) is 0. The van der Waals surface area contributed by atoms with Crippen molar-refractivity contribution in [3.05, 3.63) is 23.3 Å². The van der Waals surface area contributed by atoms with Gasteiger partial charge in [0, 0.05) is 59.4 Å². The van der Waals surface area contributed by atoms with Gasteiger partial charge in [-0.25, -0.2) is 8.42 Å². The maximum atomic E-state index is 13.1. The molecule has 1 saturated carbocycles. The van der Waals surface area contributed by atoms with Crippen LogP contribution < -0.4 is 4.74 Å². The van der Waals surface area contributed by atoms with E-state index in [9.17, 15) is 13.2 Å². The zero-order chi connectivity index (χ0) is 25.8. The Kier molecular flexibility index (Phi) is 9.56. The van der Waals surface area contributed by atoms with E-state index >= 15 is 0 Å². The normalized spacial score (nSPS) is 21.7. The first-order valence-electron chi connectivity index (χ1n) is 12.4. The minimum atomic E-state index is -3.68. The SMILES string of the molecule is COc1cc(C)c(S(=O)(=O)N(C)CCOCC(=O)N(C)CC2CC(N3CCN(C)CC3)C2)c(C)c1. The fraction of sp³-hybridized carbons (Fsp3) is 0.720. The van der Waals surface area contributed by atoms with Crippen molar-refractivity contribution in [2.75, 3.05) is 80.7 Å². The summed E-state index contributed by atoms with van der Waals surface area (Å²) in [6, 6.07) is 4.09. The first kappa shape index (κ1) is 27.9. The summed E-state index contributed by atoms with van der Waals surface area (Å²) in [7, 11) is 3.40. The number of rotatable bonds is 11. The number of carbonyl (C=O) groups excluding carboxylic acids is 1. The number of hydrogen-bond donors (Lipinski definition) is 0. The van der Waals surface area contributed by atoms with E-state index in [-0.39, 0.29) is 30.6 Å². The predicted molar refractivity (Wildman–Crippen MR) is 136 cm³/mol. The standard InChI is InChI=1S/C25H42N4O5S/c1-19-13-23(33-6)14-20(2)25(19)35(31,32)28(5)11-12-34-18-24(30)27(4)17-21-15-22(16-21)29-9-7-26(3)8-10-29/h13-14,21-22H,7-12,15-18H2,1-6H3. The monoisotopic (exact) mass is 510 g/mol. The molecule has 0 unspecified atom stereocenters. The number of hydrogen-bond acceptors (Lipinski definition) is 7. The number of sulfonamides is 1. The number of aryl methyl sites for hydroxylation is 2. The molecule has 0 radical (unpaired) electrons. The maximum Gasteiger partial charge on any atom is 0.248 e. The quantitative estimate of drug-likeness (QED) is 0.417. The molecule has 0 atom stereocenters. The Morgan fingerprint density at radius 2 is 1.69 bits per heavy atom.